The van der Waals surface area contributed by atoms with Gasteiger partial charge in [-0.15, -0.1) is 0 Å². The molecule has 2 aliphatic heterocycles. The van der Waals surface area contributed by atoms with E-state index in [2.05, 4.69) is 10.9 Å². The zero-order valence-electron chi connectivity index (χ0n) is 14.9. The van der Waals surface area contributed by atoms with Crippen LogP contribution in [0.5, 0.6) is 0 Å². The predicted molar refractivity (Wildman–Crippen MR) is 104 cm³/mol. The fourth-order valence-corrected chi connectivity index (χ4v) is 3.95. The molecule has 2 atom stereocenters. The number of hydrazine groups is 1. The lowest BCUT2D eigenvalue weighted by molar-refractivity contribution is -0.135. The summed E-state index contributed by atoms with van der Waals surface area (Å²) in [7, 11) is 0. The van der Waals surface area contributed by atoms with Crippen LogP contribution in [0.25, 0.3) is 0 Å². The molecular formula is C20H22ClFN4O. The van der Waals surface area contributed by atoms with Gasteiger partial charge in [0.1, 0.15) is 5.82 Å². The molecule has 0 aromatic heterocycles. The average molecular weight is 389 g/mol. The van der Waals surface area contributed by atoms with Crippen molar-refractivity contribution in [2.45, 2.75) is 6.04 Å². The largest absolute Gasteiger partial charge is 0.366 e. The number of piperazine rings is 1. The highest BCUT2D eigenvalue weighted by Crippen LogP contribution is 2.28. The molecule has 0 radical (unpaired) electrons. The Bertz CT molecular complexity index is 808. The van der Waals surface area contributed by atoms with Crippen LogP contribution in [0, 0.1) is 11.7 Å². The van der Waals surface area contributed by atoms with Gasteiger partial charge in [-0.25, -0.2) is 9.82 Å². The van der Waals surface area contributed by atoms with Gasteiger partial charge in [-0.2, -0.15) is 0 Å². The molecule has 2 N–H and O–H groups in total. The van der Waals surface area contributed by atoms with Crippen LogP contribution in [0.2, 0.25) is 5.02 Å². The van der Waals surface area contributed by atoms with Crippen LogP contribution >= 0.6 is 11.6 Å². The van der Waals surface area contributed by atoms with Crippen LogP contribution in [0.1, 0.15) is 11.6 Å². The van der Waals surface area contributed by atoms with Crippen LogP contribution in [-0.2, 0) is 4.79 Å². The fourth-order valence-electron chi connectivity index (χ4n) is 3.82. The predicted octanol–water partition coefficient (Wildman–Crippen LogP) is 2.59. The number of anilines is 1. The van der Waals surface area contributed by atoms with E-state index in [9.17, 15) is 9.18 Å². The number of carbonyl (C=O) groups is 1. The summed E-state index contributed by atoms with van der Waals surface area (Å²) < 4.78 is 14.0. The molecule has 0 saturated carbocycles. The average Bonchev–Trinajstić information content (AvgIpc) is 3.18. The van der Waals surface area contributed by atoms with Gasteiger partial charge in [0.25, 0.3) is 0 Å². The highest BCUT2D eigenvalue weighted by Gasteiger charge is 2.37. The molecule has 1 amide bonds. The van der Waals surface area contributed by atoms with Crippen molar-refractivity contribution >= 4 is 23.2 Å². The van der Waals surface area contributed by atoms with Gasteiger partial charge in [0, 0.05) is 37.7 Å². The van der Waals surface area contributed by atoms with Gasteiger partial charge in [-0.05, 0) is 29.8 Å². The Kier molecular flexibility index (Phi) is 5.29. The first-order valence-electron chi connectivity index (χ1n) is 9.15. The number of carbonyl (C=O) groups excluding carboxylic acids is 1. The van der Waals surface area contributed by atoms with E-state index in [0.717, 1.165) is 5.56 Å². The number of nitrogens with one attached hydrogen (secondary N) is 2. The summed E-state index contributed by atoms with van der Waals surface area (Å²) in [5, 5.41) is 0.678. The molecule has 2 aliphatic rings. The lowest BCUT2D eigenvalue weighted by Crippen LogP contribution is -2.51. The minimum atomic E-state index is -0.218. The Labute approximate surface area is 163 Å². The molecule has 27 heavy (non-hydrogen) atoms. The zero-order valence-corrected chi connectivity index (χ0v) is 15.6. The molecule has 2 saturated heterocycles. The van der Waals surface area contributed by atoms with E-state index in [1.165, 1.54) is 6.07 Å². The first-order chi connectivity index (χ1) is 13.1. The maximum Gasteiger partial charge on any atom is 0.229 e. The number of para-hydroxylation sites is 1. The summed E-state index contributed by atoms with van der Waals surface area (Å²) in [6.07, 6.45) is 0. The number of benzene rings is 2. The van der Waals surface area contributed by atoms with E-state index in [1.807, 2.05) is 40.1 Å². The molecule has 0 bridgehead atoms. The minimum absolute atomic E-state index is 0.0839. The monoisotopic (exact) mass is 388 g/mol. The summed E-state index contributed by atoms with van der Waals surface area (Å²) in [5.74, 6) is -0.268. The lowest BCUT2D eigenvalue weighted by Gasteiger charge is -2.37. The summed E-state index contributed by atoms with van der Waals surface area (Å²) in [6.45, 7) is 3.03. The van der Waals surface area contributed by atoms with Crippen molar-refractivity contribution in [3.8, 4) is 0 Å². The first-order valence-corrected chi connectivity index (χ1v) is 9.53. The first kappa shape index (κ1) is 18.2. The molecule has 7 heteroatoms. The molecule has 4 rings (SSSR count). The zero-order chi connectivity index (χ0) is 18.8. The van der Waals surface area contributed by atoms with Gasteiger partial charge in [-0.3, -0.25) is 10.2 Å². The van der Waals surface area contributed by atoms with Crippen molar-refractivity contribution < 1.29 is 9.18 Å². The molecule has 0 spiro atoms. The molecule has 2 fully saturated rings. The smallest absolute Gasteiger partial charge is 0.229 e. The van der Waals surface area contributed by atoms with E-state index < -0.39 is 0 Å². The van der Waals surface area contributed by atoms with Crippen LogP contribution in [0.4, 0.5) is 10.1 Å². The molecule has 2 aromatic carbocycles. The number of halogens is 2. The quantitative estimate of drug-likeness (QED) is 0.848. The molecular weight excluding hydrogens is 367 g/mol. The highest BCUT2D eigenvalue weighted by molar-refractivity contribution is 6.30. The summed E-state index contributed by atoms with van der Waals surface area (Å²) in [4.78, 5) is 17.0. The van der Waals surface area contributed by atoms with E-state index in [4.69, 9.17) is 11.6 Å². The Hall–Kier alpha value is -2.15. The van der Waals surface area contributed by atoms with Crippen molar-refractivity contribution in [2.75, 3.05) is 37.6 Å². The Morgan fingerprint density at radius 1 is 1.04 bits per heavy atom. The SMILES string of the molecule is O=C(C1CNNC1c1ccc(Cl)cc1)N1CCN(c2ccccc2F)CC1. The van der Waals surface area contributed by atoms with E-state index in [-0.39, 0.29) is 23.7 Å². The summed E-state index contributed by atoms with van der Waals surface area (Å²) in [5.41, 5.74) is 7.95. The third-order valence-electron chi connectivity index (χ3n) is 5.31. The normalized spacial score (nSPS) is 22.9. The molecule has 2 aromatic rings. The number of hydrogen-bond acceptors (Lipinski definition) is 4. The molecule has 2 unspecified atom stereocenters. The second-order valence-corrected chi connectivity index (χ2v) is 7.36. The van der Waals surface area contributed by atoms with Gasteiger partial charge in [0.05, 0.1) is 17.6 Å². The van der Waals surface area contributed by atoms with Crippen LogP contribution < -0.4 is 15.8 Å². The fraction of sp³-hybridized carbons (Fsp3) is 0.350. The van der Waals surface area contributed by atoms with Gasteiger partial charge < -0.3 is 9.80 Å². The minimum Gasteiger partial charge on any atom is -0.366 e. The summed E-state index contributed by atoms with van der Waals surface area (Å²) in [6, 6.07) is 14.3. The third kappa shape index (κ3) is 3.78. The third-order valence-corrected chi connectivity index (χ3v) is 5.56. The lowest BCUT2D eigenvalue weighted by atomic mass is 9.93. The summed E-state index contributed by atoms with van der Waals surface area (Å²) >= 11 is 5.97. The number of rotatable bonds is 3. The Morgan fingerprint density at radius 3 is 2.44 bits per heavy atom. The standard InChI is InChI=1S/C20H22ClFN4O/c21-15-7-5-14(6-8-15)19-16(13-23-24-19)20(27)26-11-9-25(10-12-26)18-4-2-1-3-17(18)22/h1-8,16,19,23-24H,9-13H2. The van der Waals surface area contributed by atoms with Crippen LogP contribution in [-0.4, -0.2) is 43.5 Å². The molecule has 2 heterocycles. The van der Waals surface area contributed by atoms with Gasteiger partial charge >= 0.3 is 0 Å². The van der Waals surface area contributed by atoms with Crippen molar-refractivity contribution in [1.82, 2.24) is 15.8 Å². The Balaban J connectivity index is 1.41. The second-order valence-electron chi connectivity index (χ2n) is 6.92. The highest BCUT2D eigenvalue weighted by atomic mass is 35.5. The second kappa shape index (κ2) is 7.84. The number of hydrogen-bond donors (Lipinski definition) is 2. The van der Waals surface area contributed by atoms with E-state index >= 15 is 0 Å². The Morgan fingerprint density at radius 2 is 1.74 bits per heavy atom. The van der Waals surface area contributed by atoms with Crippen molar-refractivity contribution in [3.63, 3.8) is 0 Å². The topological polar surface area (TPSA) is 47.6 Å². The molecule has 0 aliphatic carbocycles. The van der Waals surface area contributed by atoms with Gasteiger partial charge in [-0.1, -0.05) is 35.9 Å². The van der Waals surface area contributed by atoms with Gasteiger partial charge in [0.2, 0.25) is 5.91 Å². The maximum atomic E-state index is 14.0. The van der Waals surface area contributed by atoms with Crippen molar-refractivity contribution in [2.24, 2.45) is 5.92 Å². The van der Waals surface area contributed by atoms with E-state index in [1.54, 1.807) is 12.1 Å². The maximum absolute atomic E-state index is 14.0. The van der Waals surface area contributed by atoms with E-state index in [0.29, 0.717) is 43.4 Å². The van der Waals surface area contributed by atoms with Gasteiger partial charge in [0.15, 0.2) is 0 Å². The molecule has 142 valence electrons. The molecule has 5 nitrogen and oxygen atoms in total. The van der Waals surface area contributed by atoms with Crippen molar-refractivity contribution in [1.29, 1.82) is 0 Å². The van der Waals surface area contributed by atoms with Crippen molar-refractivity contribution in [3.05, 3.63) is 64.9 Å². The number of amides is 1. The number of nitrogens with zero attached hydrogens (tertiary/aromatic N) is 2. The van der Waals surface area contributed by atoms with Crippen LogP contribution in [0.3, 0.4) is 0 Å². The van der Waals surface area contributed by atoms with Crippen LogP contribution in [0.15, 0.2) is 48.5 Å².